The molecule has 0 saturated carbocycles. The fraction of sp³-hybridized carbons (Fsp3) is 1.00. The molecule has 6 nitrogen and oxygen atoms in total. The Labute approximate surface area is 44.1 Å². The van der Waals surface area contributed by atoms with Crippen LogP contribution in [0.1, 0.15) is 0 Å². The predicted octanol–water partition coefficient (Wildman–Crippen LogP) is -2.11. The van der Waals surface area contributed by atoms with Crippen LogP contribution in [0.25, 0.3) is 0 Å². The normalized spacial score (nSPS) is 11.4. The van der Waals surface area contributed by atoms with Crippen LogP contribution < -0.4 is 0 Å². The van der Waals surface area contributed by atoms with Gasteiger partial charge in [0.15, 0.2) is 6.61 Å². The molecule has 0 aromatic rings. The first-order valence-corrected chi connectivity index (χ1v) is 1.71. The summed E-state index contributed by atoms with van der Waals surface area (Å²) < 4.78 is 0. The summed E-state index contributed by atoms with van der Waals surface area (Å²) in [5.74, 6) is -3.18. The van der Waals surface area contributed by atoms with E-state index in [1.807, 2.05) is 0 Å². The monoisotopic (exact) mass is 123 g/mol. The molecule has 0 aliphatic heterocycles. The lowest BCUT2D eigenvalue weighted by Gasteiger charge is -2.06. The number of hydrogen-bond donors (Lipinski definition) is 3. The highest BCUT2D eigenvalue weighted by Crippen LogP contribution is 1.95. The van der Waals surface area contributed by atoms with Crippen LogP contribution in [-0.4, -0.2) is 32.8 Å². The van der Waals surface area contributed by atoms with Crippen molar-refractivity contribution in [3.8, 4) is 0 Å². The van der Waals surface area contributed by atoms with Gasteiger partial charge in [-0.25, -0.2) is 0 Å². The van der Waals surface area contributed by atoms with Crippen LogP contribution in [0.15, 0.2) is 0 Å². The van der Waals surface area contributed by atoms with E-state index in [-0.39, 0.29) is 0 Å². The Morgan fingerprint density at radius 2 is 2.00 bits per heavy atom. The molecule has 0 spiro atoms. The molecule has 0 rings (SSSR count). The molecule has 0 unspecified atom stereocenters. The van der Waals surface area contributed by atoms with Gasteiger partial charge in [-0.1, -0.05) is 0 Å². The third kappa shape index (κ3) is 1.41. The maximum absolute atomic E-state index is 9.40. The van der Waals surface area contributed by atoms with Gasteiger partial charge >= 0.3 is 5.91 Å². The van der Waals surface area contributed by atoms with E-state index in [4.69, 9.17) is 15.3 Å². The first kappa shape index (κ1) is 7.28. The van der Waals surface area contributed by atoms with E-state index in [9.17, 15) is 10.1 Å². The standard InChI is InChI=1S/C2H5NO5/c4-1-2(5,6)3(7)8/h4-6H,1H2. The summed E-state index contributed by atoms with van der Waals surface area (Å²) in [5.41, 5.74) is 0. The minimum Gasteiger partial charge on any atom is -0.383 e. The molecular formula is C2H5NO5. The van der Waals surface area contributed by atoms with Crippen LogP contribution >= 0.6 is 0 Å². The van der Waals surface area contributed by atoms with Crippen molar-refractivity contribution in [3.05, 3.63) is 10.1 Å². The summed E-state index contributed by atoms with van der Waals surface area (Å²) in [6.45, 7) is -1.31. The second kappa shape index (κ2) is 2.03. The van der Waals surface area contributed by atoms with Crippen LogP contribution in [0.2, 0.25) is 0 Å². The lowest BCUT2D eigenvalue weighted by Crippen LogP contribution is -2.41. The van der Waals surface area contributed by atoms with Gasteiger partial charge in [0, 0.05) is 0 Å². The third-order valence-corrected chi connectivity index (χ3v) is 0.505. The Hall–Kier alpha value is -0.720. The van der Waals surface area contributed by atoms with Gasteiger partial charge < -0.3 is 15.3 Å². The number of rotatable bonds is 2. The molecule has 0 atom stereocenters. The summed E-state index contributed by atoms with van der Waals surface area (Å²) >= 11 is 0. The molecule has 0 aromatic carbocycles. The Kier molecular flexibility index (Phi) is 1.85. The second-order valence-electron chi connectivity index (χ2n) is 1.19. The van der Waals surface area contributed by atoms with Gasteiger partial charge in [-0.05, 0) is 0 Å². The highest BCUT2D eigenvalue weighted by Gasteiger charge is 2.36. The second-order valence-corrected chi connectivity index (χ2v) is 1.19. The first-order chi connectivity index (χ1) is 3.50. The summed E-state index contributed by atoms with van der Waals surface area (Å²) in [7, 11) is 0. The van der Waals surface area contributed by atoms with Crippen molar-refractivity contribution in [3.63, 3.8) is 0 Å². The quantitative estimate of drug-likeness (QED) is 0.221. The molecular weight excluding hydrogens is 118 g/mol. The maximum Gasteiger partial charge on any atom is 0.460 e. The molecule has 8 heavy (non-hydrogen) atoms. The van der Waals surface area contributed by atoms with Crippen molar-refractivity contribution in [1.82, 2.24) is 0 Å². The molecule has 0 bridgehead atoms. The van der Waals surface area contributed by atoms with Crippen molar-refractivity contribution in [1.29, 1.82) is 0 Å². The minimum atomic E-state index is -3.18. The number of nitrogens with zero attached hydrogens (tertiary/aromatic N) is 1. The van der Waals surface area contributed by atoms with Gasteiger partial charge in [0.1, 0.15) is 0 Å². The average molecular weight is 123 g/mol. The number of hydrogen-bond acceptors (Lipinski definition) is 5. The molecule has 48 valence electrons. The summed E-state index contributed by atoms with van der Waals surface area (Å²) in [6.07, 6.45) is 0. The Balaban J connectivity index is 3.91. The molecule has 0 heterocycles. The fourth-order valence-corrected chi connectivity index (χ4v) is 0.0577. The molecule has 3 N–H and O–H groups in total. The molecule has 6 heteroatoms. The lowest BCUT2D eigenvalue weighted by atomic mass is 10.5. The Bertz CT molecular complexity index is 98.6. The van der Waals surface area contributed by atoms with Gasteiger partial charge in [-0.15, -0.1) is 0 Å². The van der Waals surface area contributed by atoms with Crippen LogP contribution in [0, 0.1) is 10.1 Å². The molecule has 0 saturated heterocycles. The van der Waals surface area contributed by atoms with E-state index < -0.39 is 17.4 Å². The first-order valence-electron chi connectivity index (χ1n) is 1.71. The van der Waals surface area contributed by atoms with Crippen LogP contribution in [0.3, 0.4) is 0 Å². The van der Waals surface area contributed by atoms with Crippen LogP contribution in [-0.2, 0) is 0 Å². The Morgan fingerprint density at radius 1 is 1.62 bits per heavy atom. The van der Waals surface area contributed by atoms with E-state index in [0.717, 1.165) is 0 Å². The van der Waals surface area contributed by atoms with Crippen LogP contribution in [0.4, 0.5) is 0 Å². The average Bonchev–Trinajstić information content (AvgIpc) is 1.67. The highest BCUT2D eigenvalue weighted by molar-refractivity contribution is 4.40. The van der Waals surface area contributed by atoms with E-state index in [0.29, 0.717) is 0 Å². The SMILES string of the molecule is O=[N+]([O-])C(O)(O)CO. The highest BCUT2D eigenvalue weighted by atomic mass is 16.7. The van der Waals surface area contributed by atoms with Crippen molar-refractivity contribution < 1.29 is 20.2 Å². The third-order valence-electron chi connectivity index (χ3n) is 0.505. The molecule has 0 radical (unpaired) electrons. The van der Waals surface area contributed by atoms with Crippen molar-refractivity contribution in [2.45, 2.75) is 5.91 Å². The lowest BCUT2D eigenvalue weighted by molar-refractivity contribution is -0.685. The zero-order valence-electron chi connectivity index (χ0n) is 3.81. The molecule has 0 aromatic heterocycles. The van der Waals surface area contributed by atoms with E-state index >= 15 is 0 Å². The molecule has 0 aliphatic rings. The zero-order chi connectivity index (χ0) is 6.78. The van der Waals surface area contributed by atoms with E-state index in [1.165, 1.54) is 0 Å². The Morgan fingerprint density at radius 3 is 2.00 bits per heavy atom. The summed E-state index contributed by atoms with van der Waals surface area (Å²) in [6, 6.07) is 0. The van der Waals surface area contributed by atoms with Gasteiger partial charge in [0.25, 0.3) is 0 Å². The molecule has 0 amide bonds. The van der Waals surface area contributed by atoms with Crippen molar-refractivity contribution >= 4 is 0 Å². The number of nitro groups is 1. The summed E-state index contributed by atoms with van der Waals surface area (Å²) in [5, 5.41) is 33.2. The van der Waals surface area contributed by atoms with Gasteiger partial charge in [-0.2, -0.15) is 0 Å². The molecule has 0 fully saturated rings. The maximum atomic E-state index is 9.40. The molecule has 0 aliphatic carbocycles. The smallest absolute Gasteiger partial charge is 0.383 e. The largest absolute Gasteiger partial charge is 0.460 e. The van der Waals surface area contributed by atoms with E-state index in [2.05, 4.69) is 0 Å². The fourth-order valence-electron chi connectivity index (χ4n) is 0.0577. The van der Waals surface area contributed by atoms with E-state index in [1.54, 1.807) is 0 Å². The van der Waals surface area contributed by atoms with Crippen molar-refractivity contribution in [2.24, 2.45) is 0 Å². The van der Waals surface area contributed by atoms with Gasteiger partial charge in [-0.3, -0.25) is 10.1 Å². The van der Waals surface area contributed by atoms with Crippen molar-refractivity contribution in [2.75, 3.05) is 6.61 Å². The number of aliphatic hydroxyl groups is 3. The predicted molar refractivity (Wildman–Crippen MR) is 21.2 cm³/mol. The minimum absolute atomic E-state index is 1.31. The zero-order valence-corrected chi connectivity index (χ0v) is 3.81. The summed E-state index contributed by atoms with van der Waals surface area (Å²) in [4.78, 5) is 8.00. The van der Waals surface area contributed by atoms with Gasteiger partial charge in [0.05, 0.1) is 4.92 Å². The topological polar surface area (TPSA) is 104 Å². The van der Waals surface area contributed by atoms with Crippen LogP contribution in [0.5, 0.6) is 0 Å². The van der Waals surface area contributed by atoms with Gasteiger partial charge in [0.2, 0.25) is 0 Å². The number of aliphatic hydroxyl groups excluding tert-OH is 1.